The van der Waals surface area contributed by atoms with Crippen LogP contribution in [0.25, 0.3) is 0 Å². The van der Waals surface area contributed by atoms with Gasteiger partial charge in [-0.15, -0.1) is 24.0 Å². The van der Waals surface area contributed by atoms with Crippen LogP contribution in [0.2, 0.25) is 5.02 Å². The van der Waals surface area contributed by atoms with Gasteiger partial charge in [0.25, 0.3) is 0 Å². The third-order valence-corrected chi connectivity index (χ3v) is 4.98. The molecule has 148 valence electrons. The van der Waals surface area contributed by atoms with Crippen molar-refractivity contribution in [3.05, 3.63) is 34.9 Å². The highest BCUT2D eigenvalue weighted by atomic mass is 127. The predicted octanol–water partition coefficient (Wildman–Crippen LogP) is 3.42. The lowest BCUT2D eigenvalue weighted by Gasteiger charge is -2.35. The molecule has 7 heteroatoms. The second-order valence-corrected chi connectivity index (χ2v) is 7.21. The van der Waals surface area contributed by atoms with E-state index in [4.69, 9.17) is 11.6 Å². The standard InChI is InChI=1S/C19H31ClN4O.HI/c1-4-21-19(23-15-9-11-24(12-10-15)14(2)3)22-13-18(25)16-7-5-6-8-17(16)20;/h5-8,14-15,18,25H,4,9-13H2,1-3H3,(H2,21,22,23);1H. The number of likely N-dealkylation sites (tertiary alicyclic amines) is 1. The smallest absolute Gasteiger partial charge is 0.191 e. The molecule has 1 aliphatic heterocycles. The van der Waals surface area contributed by atoms with Crippen molar-refractivity contribution in [2.75, 3.05) is 26.2 Å². The first-order valence-electron chi connectivity index (χ1n) is 9.22. The Morgan fingerprint density at radius 3 is 2.54 bits per heavy atom. The molecule has 0 spiro atoms. The van der Waals surface area contributed by atoms with Crippen LogP contribution in [0, 0.1) is 0 Å². The second-order valence-electron chi connectivity index (χ2n) is 6.81. The second kappa shape index (κ2) is 12.0. The number of nitrogens with one attached hydrogen (secondary N) is 2. The van der Waals surface area contributed by atoms with Gasteiger partial charge in [-0.1, -0.05) is 29.8 Å². The van der Waals surface area contributed by atoms with Gasteiger partial charge < -0.3 is 20.6 Å². The molecule has 0 aliphatic carbocycles. The monoisotopic (exact) mass is 494 g/mol. The molecule has 1 unspecified atom stereocenters. The summed E-state index contributed by atoms with van der Waals surface area (Å²) in [5.41, 5.74) is 0.717. The molecule has 1 fully saturated rings. The van der Waals surface area contributed by atoms with Gasteiger partial charge in [0, 0.05) is 42.3 Å². The summed E-state index contributed by atoms with van der Waals surface area (Å²) in [4.78, 5) is 7.05. The Kier molecular flexibility index (Phi) is 10.8. The van der Waals surface area contributed by atoms with Gasteiger partial charge in [-0.2, -0.15) is 0 Å². The third-order valence-electron chi connectivity index (χ3n) is 4.63. The molecule has 2 rings (SSSR count). The Morgan fingerprint density at radius 2 is 1.96 bits per heavy atom. The Morgan fingerprint density at radius 1 is 1.31 bits per heavy atom. The molecular formula is C19H32ClIN4O. The predicted molar refractivity (Wildman–Crippen MR) is 121 cm³/mol. The van der Waals surface area contributed by atoms with Gasteiger partial charge in [-0.3, -0.25) is 4.99 Å². The average Bonchev–Trinajstić information content (AvgIpc) is 2.60. The van der Waals surface area contributed by atoms with Crippen molar-refractivity contribution < 1.29 is 5.11 Å². The van der Waals surface area contributed by atoms with E-state index in [9.17, 15) is 5.11 Å². The summed E-state index contributed by atoms with van der Waals surface area (Å²) in [6.45, 7) is 9.82. The van der Waals surface area contributed by atoms with Crippen LogP contribution in [-0.2, 0) is 0 Å². The molecule has 1 saturated heterocycles. The quantitative estimate of drug-likeness (QED) is 0.322. The van der Waals surface area contributed by atoms with Crippen LogP contribution in [0.1, 0.15) is 45.3 Å². The van der Waals surface area contributed by atoms with E-state index in [0.717, 1.165) is 38.4 Å². The number of benzene rings is 1. The molecule has 1 aromatic rings. The van der Waals surface area contributed by atoms with Crippen molar-refractivity contribution in [1.29, 1.82) is 0 Å². The number of aliphatic imine (C=N–C) groups is 1. The van der Waals surface area contributed by atoms with Crippen molar-refractivity contribution in [3.8, 4) is 0 Å². The van der Waals surface area contributed by atoms with Gasteiger partial charge in [0.05, 0.1) is 6.54 Å². The highest BCUT2D eigenvalue weighted by molar-refractivity contribution is 14.0. The summed E-state index contributed by atoms with van der Waals surface area (Å²) in [6, 6.07) is 8.39. The highest BCUT2D eigenvalue weighted by Gasteiger charge is 2.21. The van der Waals surface area contributed by atoms with Gasteiger partial charge in [0.2, 0.25) is 0 Å². The summed E-state index contributed by atoms with van der Waals surface area (Å²) < 4.78 is 0. The van der Waals surface area contributed by atoms with E-state index in [1.165, 1.54) is 0 Å². The average molecular weight is 495 g/mol. The van der Waals surface area contributed by atoms with Crippen LogP contribution in [0.15, 0.2) is 29.3 Å². The maximum Gasteiger partial charge on any atom is 0.191 e. The summed E-state index contributed by atoms with van der Waals surface area (Å²) in [5.74, 6) is 0.761. The van der Waals surface area contributed by atoms with Crippen molar-refractivity contribution >= 4 is 41.5 Å². The van der Waals surface area contributed by atoms with Crippen molar-refractivity contribution in [2.45, 2.75) is 51.8 Å². The maximum atomic E-state index is 10.4. The SMILES string of the molecule is CCNC(=NCC(O)c1ccccc1Cl)NC1CCN(C(C)C)CC1.I. The largest absolute Gasteiger partial charge is 0.386 e. The van der Waals surface area contributed by atoms with E-state index in [1.54, 1.807) is 6.07 Å². The van der Waals surface area contributed by atoms with Gasteiger partial charge in [-0.25, -0.2) is 0 Å². The minimum absolute atomic E-state index is 0. The third kappa shape index (κ3) is 7.21. The summed E-state index contributed by atoms with van der Waals surface area (Å²) in [5, 5.41) is 17.7. The molecule has 26 heavy (non-hydrogen) atoms. The number of hydrogen-bond donors (Lipinski definition) is 3. The topological polar surface area (TPSA) is 59.9 Å². The fourth-order valence-corrected chi connectivity index (χ4v) is 3.36. The minimum Gasteiger partial charge on any atom is -0.386 e. The molecular weight excluding hydrogens is 463 g/mol. The molecule has 1 aromatic carbocycles. The van der Waals surface area contributed by atoms with Gasteiger partial charge >= 0.3 is 0 Å². The first-order valence-corrected chi connectivity index (χ1v) is 9.60. The minimum atomic E-state index is -0.702. The lowest BCUT2D eigenvalue weighted by molar-refractivity contribution is 0.167. The molecule has 1 aliphatic rings. The maximum absolute atomic E-state index is 10.4. The zero-order chi connectivity index (χ0) is 18.2. The van der Waals surface area contributed by atoms with Crippen LogP contribution < -0.4 is 10.6 Å². The normalized spacial score (nSPS) is 17.7. The van der Waals surface area contributed by atoms with Gasteiger partial charge in [0.15, 0.2) is 5.96 Å². The molecule has 0 saturated carbocycles. The Bertz CT molecular complexity index is 562. The molecule has 3 N–H and O–H groups in total. The number of nitrogens with zero attached hydrogens (tertiary/aromatic N) is 2. The van der Waals surface area contributed by atoms with E-state index in [1.807, 2.05) is 25.1 Å². The van der Waals surface area contributed by atoms with E-state index < -0.39 is 6.10 Å². The van der Waals surface area contributed by atoms with Gasteiger partial charge in [-0.05, 0) is 39.7 Å². The van der Waals surface area contributed by atoms with Crippen LogP contribution in [0.3, 0.4) is 0 Å². The zero-order valence-corrected chi connectivity index (χ0v) is 19.0. The molecule has 0 aromatic heterocycles. The molecule has 0 amide bonds. The molecule has 0 bridgehead atoms. The fraction of sp³-hybridized carbons (Fsp3) is 0.632. The lowest BCUT2D eigenvalue weighted by atomic mass is 10.0. The van der Waals surface area contributed by atoms with E-state index >= 15 is 0 Å². The molecule has 1 atom stereocenters. The Hall–Kier alpha value is -0.570. The van der Waals surface area contributed by atoms with Crippen molar-refractivity contribution in [3.63, 3.8) is 0 Å². The van der Waals surface area contributed by atoms with Crippen LogP contribution in [0.4, 0.5) is 0 Å². The number of aliphatic hydroxyl groups is 1. The number of guanidine groups is 1. The Balaban J connectivity index is 0.00000338. The van der Waals surface area contributed by atoms with Gasteiger partial charge in [0.1, 0.15) is 6.10 Å². The Labute approximate surface area is 179 Å². The molecule has 5 nitrogen and oxygen atoms in total. The fourth-order valence-electron chi connectivity index (χ4n) is 3.10. The lowest BCUT2D eigenvalue weighted by Crippen LogP contribution is -2.50. The molecule has 1 heterocycles. The number of rotatable bonds is 6. The van der Waals surface area contributed by atoms with Crippen molar-refractivity contribution in [2.24, 2.45) is 4.99 Å². The number of hydrogen-bond acceptors (Lipinski definition) is 3. The number of aliphatic hydroxyl groups excluding tert-OH is 1. The van der Waals surface area contributed by atoms with Crippen LogP contribution in [-0.4, -0.2) is 54.2 Å². The molecule has 0 radical (unpaired) electrons. The highest BCUT2D eigenvalue weighted by Crippen LogP contribution is 2.22. The zero-order valence-electron chi connectivity index (χ0n) is 15.9. The summed E-state index contributed by atoms with van der Waals surface area (Å²) in [7, 11) is 0. The van der Waals surface area contributed by atoms with E-state index in [0.29, 0.717) is 22.7 Å². The van der Waals surface area contributed by atoms with Crippen LogP contribution in [0.5, 0.6) is 0 Å². The van der Waals surface area contributed by atoms with Crippen molar-refractivity contribution in [1.82, 2.24) is 15.5 Å². The number of halogens is 2. The number of piperidine rings is 1. The first-order chi connectivity index (χ1) is 12.0. The van der Waals surface area contributed by atoms with E-state index in [2.05, 4.69) is 34.4 Å². The summed E-state index contributed by atoms with van der Waals surface area (Å²) >= 11 is 6.15. The summed E-state index contributed by atoms with van der Waals surface area (Å²) in [6.07, 6.45) is 1.51. The van der Waals surface area contributed by atoms with Crippen LogP contribution >= 0.6 is 35.6 Å². The first kappa shape index (κ1) is 23.5. The van der Waals surface area contributed by atoms with E-state index in [-0.39, 0.29) is 30.5 Å².